The summed E-state index contributed by atoms with van der Waals surface area (Å²) < 4.78 is 4.83. The molecule has 15 heavy (non-hydrogen) atoms. The molecule has 0 saturated heterocycles. The molecule has 0 aliphatic carbocycles. The summed E-state index contributed by atoms with van der Waals surface area (Å²) in [5, 5.41) is 1.14. The average molecular weight is 247 g/mol. The molecule has 0 amide bonds. The standard InChI is InChI=1S/C11H12Cl2O2/c1-3-15-11(14)6-8-4-9(12)7(2)10(13)5-8/h4-5H,3,6H2,1-2H3. The molecule has 1 rings (SSSR count). The molecule has 82 valence electrons. The van der Waals surface area contributed by atoms with Crippen LogP contribution in [0.15, 0.2) is 12.1 Å². The fourth-order valence-electron chi connectivity index (χ4n) is 1.18. The lowest BCUT2D eigenvalue weighted by Gasteiger charge is -2.06. The van der Waals surface area contributed by atoms with Gasteiger partial charge in [-0.25, -0.2) is 0 Å². The molecule has 0 unspecified atom stereocenters. The lowest BCUT2D eigenvalue weighted by atomic mass is 10.1. The van der Waals surface area contributed by atoms with Gasteiger partial charge in [0.2, 0.25) is 0 Å². The van der Waals surface area contributed by atoms with Gasteiger partial charge in [-0.2, -0.15) is 0 Å². The summed E-state index contributed by atoms with van der Waals surface area (Å²) in [6.07, 6.45) is 0.202. The van der Waals surface area contributed by atoms with Crippen LogP contribution in [0.3, 0.4) is 0 Å². The molecule has 0 fully saturated rings. The third-order valence-corrected chi connectivity index (χ3v) is 2.78. The number of esters is 1. The van der Waals surface area contributed by atoms with Gasteiger partial charge >= 0.3 is 5.97 Å². The van der Waals surface area contributed by atoms with Gasteiger partial charge < -0.3 is 4.74 Å². The number of hydrogen-bond donors (Lipinski definition) is 0. The summed E-state index contributed by atoms with van der Waals surface area (Å²) >= 11 is 11.9. The van der Waals surface area contributed by atoms with Gasteiger partial charge in [-0.3, -0.25) is 4.79 Å². The van der Waals surface area contributed by atoms with Crippen molar-refractivity contribution >= 4 is 29.2 Å². The summed E-state index contributed by atoms with van der Waals surface area (Å²) in [5.74, 6) is -0.270. The first-order chi connectivity index (χ1) is 7.04. The van der Waals surface area contributed by atoms with E-state index in [1.165, 1.54) is 0 Å². The van der Waals surface area contributed by atoms with Crippen LogP contribution in [0.2, 0.25) is 10.0 Å². The number of benzene rings is 1. The minimum Gasteiger partial charge on any atom is -0.466 e. The van der Waals surface area contributed by atoms with E-state index in [0.717, 1.165) is 11.1 Å². The molecular formula is C11H12Cl2O2. The van der Waals surface area contributed by atoms with Crippen molar-refractivity contribution in [2.45, 2.75) is 20.3 Å². The Morgan fingerprint density at radius 1 is 1.33 bits per heavy atom. The van der Waals surface area contributed by atoms with E-state index < -0.39 is 0 Å². The second-order valence-electron chi connectivity index (χ2n) is 3.17. The molecule has 0 spiro atoms. The van der Waals surface area contributed by atoms with Crippen molar-refractivity contribution in [1.29, 1.82) is 0 Å². The summed E-state index contributed by atoms with van der Waals surface area (Å²) in [5.41, 5.74) is 1.60. The van der Waals surface area contributed by atoms with Crippen LogP contribution in [-0.4, -0.2) is 12.6 Å². The Hall–Kier alpha value is -0.730. The fraction of sp³-hybridized carbons (Fsp3) is 0.364. The van der Waals surface area contributed by atoms with Gasteiger partial charge in [0.05, 0.1) is 13.0 Å². The molecule has 0 atom stereocenters. The van der Waals surface area contributed by atoms with Gasteiger partial charge in [0.25, 0.3) is 0 Å². The first kappa shape index (κ1) is 12.3. The monoisotopic (exact) mass is 246 g/mol. The summed E-state index contributed by atoms with van der Waals surface area (Å²) in [4.78, 5) is 11.2. The smallest absolute Gasteiger partial charge is 0.310 e. The topological polar surface area (TPSA) is 26.3 Å². The zero-order valence-electron chi connectivity index (χ0n) is 8.64. The average Bonchev–Trinajstić information content (AvgIpc) is 2.14. The quantitative estimate of drug-likeness (QED) is 0.765. The Kier molecular flexibility index (Phi) is 4.43. The van der Waals surface area contributed by atoms with Gasteiger partial charge in [0.15, 0.2) is 0 Å². The van der Waals surface area contributed by atoms with Crippen molar-refractivity contribution < 1.29 is 9.53 Å². The molecule has 2 nitrogen and oxygen atoms in total. The van der Waals surface area contributed by atoms with Gasteiger partial charge in [0, 0.05) is 10.0 Å². The number of rotatable bonds is 3. The second-order valence-corrected chi connectivity index (χ2v) is 3.98. The van der Waals surface area contributed by atoms with Crippen molar-refractivity contribution in [2.75, 3.05) is 6.61 Å². The predicted octanol–water partition coefficient (Wildman–Crippen LogP) is 3.41. The van der Waals surface area contributed by atoms with Gasteiger partial charge in [0.1, 0.15) is 0 Å². The van der Waals surface area contributed by atoms with E-state index in [4.69, 9.17) is 27.9 Å². The SMILES string of the molecule is CCOC(=O)Cc1cc(Cl)c(C)c(Cl)c1. The fourth-order valence-corrected chi connectivity index (χ4v) is 1.71. The van der Waals surface area contributed by atoms with Gasteiger partial charge in [-0.05, 0) is 37.1 Å². The molecular weight excluding hydrogens is 235 g/mol. The van der Waals surface area contributed by atoms with E-state index in [-0.39, 0.29) is 12.4 Å². The van der Waals surface area contributed by atoms with Crippen LogP contribution < -0.4 is 0 Å². The highest BCUT2D eigenvalue weighted by molar-refractivity contribution is 6.36. The van der Waals surface area contributed by atoms with Crippen LogP contribution in [-0.2, 0) is 16.0 Å². The van der Waals surface area contributed by atoms with E-state index in [9.17, 15) is 4.79 Å². The highest BCUT2D eigenvalue weighted by Crippen LogP contribution is 2.25. The van der Waals surface area contributed by atoms with Gasteiger partial charge in [-0.15, -0.1) is 0 Å². The zero-order valence-corrected chi connectivity index (χ0v) is 10.2. The van der Waals surface area contributed by atoms with E-state index >= 15 is 0 Å². The van der Waals surface area contributed by atoms with E-state index in [0.29, 0.717) is 16.7 Å². The van der Waals surface area contributed by atoms with E-state index in [1.54, 1.807) is 19.1 Å². The molecule has 4 heteroatoms. The van der Waals surface area contributed by atoms with E-state index in [1.807, 2.05) is 6.92 Å². The molecule has 0 aliphatic heterocycles. The molecule has 0 aliphatic rings. The molecule has 1 aromatic rings. The minimum atomic E-state index is -0.270. The Labute approximate surface area is 99.1 Å². The van der Waals surface area contributed by atoms with Crippen LogP contribution in [0.4, 0.5) is 0 Å². The van der Waals surface area contributed by atoms with Crippen molar-refractivity contribution in [3.63, 3.8) is 0 Å². The van der Waals surface area contributed by atoms with Crippen LogP contribution in [0.5, 0.6) is 0 Å². The molecule has 0 heterocycles. The predicted molar refractivity (Wildman–Crippen MR) is 61.5 cm³/mol. The minimum absolute atomic E-state index is 0.202. The van der Waals surface area contributed by atoms with Crippen molar-refractivity contribution in [2.24, 2.45) is 0 Å². The first-order valence-electron chi connectivity index (χ1n) is 4.64. The lowest BCUT2D eigenvalue weighted by Crippen LogP contribution is -2.07. The summed E-state index contributed by atoms with van der Waals surface area (Å²) in [6.45, 7) is 3.98. The summed E-state index contributed by atoms with van der Waals surface area (Å²) in [6, 6.07) is 3.47. The largest absolute Gasteiger partial charge is 0.466 e. The van der Waals surface area contributed by atoms with E-state index in [2.05, 4.69) is 0 Å². The maximum absolute atomic E-state index is 11.2. The van der Waals surface area contributed by atoms with Crippen molar-refractivity contribution in [3.05, 3.63) is 33.3 Å². The normalized spacial score (nSPS) is 10.1. The first-order valence-corrected chi connectivity index (χ1v) is 5.40. The molecule has 0 aromatic heterocycles. The maximum atomic E-state index is 11.2. The molecule has 0 radical (unpaired) electrons. The highest BCUT2D eigenvalue weighted by Gasteiger charge is 2.08. The lowest BCUT2D eigenvalue weighted by molar-refractivity contribution is -0.142. The second kappa shape index (κ2) is 5.38. The number of halogens is 2. The van der Waals surface area contributed by atoms with Crippen LogP contribution >= 0.6 is 23.2 Å². The third-order valence-electron chi connectivity index (χ3n) is 1.99. The number of carbonyl (C=O) groups is 1. The van der Waals surface area contributed by atoms with Crippen molar-refractivity contribution in [3.8, 4) is 0 Å². The number of carbonyl (C=O) groups excluding carboxylic acids is 1. The number of ether oxygens (including phenoxy) is 1. The zero-order chi connectivity index (χ0) is 11.4. The Morgan fingerprint density at radius 2 is 1.87 bits per heavy atom. The van der Waals surface area contributed by atoms with Crippen LogP contribution in [0.1, 0.15) is 18.1 Å². The van der Waals surface area contributed by atoms with Crippen molar-refractivity contribution in [1.82, 2.24) is 0 Å². The highest BCUT2D eigenvalue weighted by atomic mass is 35.5. The van der Waals surface area contributed by atoms with Gasteiger partial charge in [-0.1, -0.05) is 23.2 Å². The Morgan fingerprint density at radius 3 is 2.33 bits per heavy atom. The maximum Gasteiger partial charge on any atom is 0.310 e. The Balaban J connectivity index is 2.83. The molecule has 0 bridgehead atoms. The summed E-state index contributed by atoms with van der Waals surface area (Å²) in [7, 11) is 0. The molecule has 0 N–H and O–H groups in total. The van der Waals surface area contributed by atoms with Crippen LogP contribution in [0.25, 0.3) is 0 Å². The molecule has 1 aromatic carbocycles. The Bertz CT molecular complexity index is 352. The number of hydrogen-bond acceptors (Lipinski definition) is 2. The third kappa shape index (κ3) is 3.40. The van der Waals surface area contributed by atoms with Crippen LogP contribution in [0, 0.1) is 6.92 Å². The molecule has 0 saturated carbocycles.